The Hall–Kier alpha value is -2.44. The van der Waals surface area contributed by atoms with Gasteiger partial charge >= 0.3 is 0 Å². The summed E-state index contributed by atoms with van der Waals surface area (Å²) < 4.78 is 0. The van der Waals surface area contributed by atoms with E-state index in [2.05, 4.69) is 5.32 Å². The quantitative estimate of drug-likeness (QED) is 0.642. The van der Waals surface area contributed by atoms with Gasteiger partial charge in [0, 0.05) is 24.7 Å². The molecule has 0 aromatic heterocycles. The summed E-state index contributed by atoms with van der Waals surface area (Å²) in [5.74, 6) is -0.478. The lowest BCUT2D eigenvalue weighted by molar-refractivity contribution is -0.385. The molecule has 106 valence electrons. The summed E-state index contributed by atoms with van der Waals surface area (Å²) in [7, 11) is 0. The number of nitro benzene ring substituents is 1. The molecule has 1 aromatic rings. The highest BCUT2D eigenvalue weighted by atomic mass is 16.6. The molecular formula is C13H15N3O4. The number of nitrogens with one attached hydrogen (secondary N) is 1. The molecule has 1 aromatic carbocycles. The number of carbonyl (C=O) groups is 2. The first-order valence-electron chi connectivity index (χ1n) is 6.30. The van der Waals surface area contributed by atoms with Crippen LogP contribution in [-0.2, 0) is 16.0 Å². The Morgan fingerprint density at radius 2 is 2.20 bits per heavy atom. The van der Waals surface area contributed by atoms with Crippen molar-refractivity contribution in [2.45, 2.75) is 19.4 Å². The second-order valence-electron chi connectivity index (χ2n) is 4.62. The van der Waals surface area contributed by atoms with Crippen molar-refractivity contribution >= 4 is 17.5 Å². The van der Waals surface area contributed by atoms with E-state index < -0.39 is 11.0 Å². The van der Waals surface area contributed by atoms with Crippen molar-refractivity contribution < 1.29 is 14.5 Å². The molecule has 1 heterocycles. The molecule has 7 heteroatoms. The van der Waals surface area contributed by atoms with Gasteiger partial charge in [-0.3, -0.25) is 19.7 Å². The number of piperazine rings is 1. The van der Waals surface area contributed by atoms with Crippen LogP contribution < -0.4 is 5.32 Å². The fraction of sp³-hybridized carbons (Fsp3) is 0.385. The van der Waals surface area contributed by atoms with E-state index in [4.69, 9.17) is 0 Å². The van der Waals surface area contributed by atoms with Crippen molar-refractivity contribution in [1.29, 1.82) is 0 Å². The number of nitro groups is 1. The molecule has 2 amide bonds. The zero-order chi connectivity index (χ0) is 14.7. The monoisotopic (exact) mass is 277 g/mol. The van der Waals surface area contributed by atoms with Crippen molar-refractivity contribution in [2.24, 2.45) is 0 Å². The number of hydrogen-bond donors (Lipinski definition) is 1. The number of hydrogen-bond acceptors (Lipinski definition) is 4. The summed E-state index contributed by atoms with van der Waals surface area (Å²) in [4.78, 5) is 35.6. The molecule has 1 aliphatic rings. The molecule has 0 bridgehead atoms. The molecule has 1 fully saturated rings. The fourth-order valence-electron chi connectivity index (χ4n) is 2.23. The highest BCUT2D eigenvalue weighted by molar-refractivity contribution is 5.89. The minimum absolute atomic E-state index is 0.0741. The van der Waals surface area contributed by atoms with Crippen LogP contribution >= 0.6 is 0 Å². The zero-order valence-corrected chi connectivity index (χ0v) is 11.0. The summed E-state index contributed by atoms with van der Waals surface area (Å²) >= 11 is 0. The van der Waals surface area contributed by atoms with Crippen LogP contribution in [0.4, 0.5) is 5.69 Å². The molecule has 1 saturated heterocycles. The highest BCUT2D eigenvalue weighted by Gasteiger charge is 2.30. The molecule has 0 aliphatic carbocycles. The Kier molecular flexibility index (Phi) is 3.97. The molecule has 7 nitrogen and oxygen atoms in total. The Bertz CT molecular complexity index is 558. The lowest BCUT2D eigenvalue weighted by Crippen LogP contribution is -2.56. The van der Waals surface area contributed by atoms with Gasteiger partial charge in [-0.2, -0.15) is 0 Å². The van der Waals surface area contributed by atoms with Crippen LogP contribution in [0.25, 0.3) is 0 Å². The highest BCUT2D eigenvalue weighted by Crippen LogP contribution is 2.19. The average molecular weight is 277 g/mol. The number of benzene rings is 1. The minimum Gasteiger partial charge on any atom is -0.353 e. The standard InChI is InChI=1S/C13H15N3O4/c1-9-13(18)14-6-7-15(9)12(17)8-10-4-2-3-5-11(10)16(19)20/h2-5,9H,6-8H2,1H3,(H,14,18). The maximum atomic E-state index is 12.2. The molecule has 1 atom stereocenters. The number of rotatable bonds is 3. The fourth-order valence-corrected chi connectivity index (χ4v) is 2.23. The topological polar surface area (TPSA) is 92.6 Å². The number of nitrogens with zero attached hydrogens (tertiary/aromatic N) is 2. The number of para-hydroxylation sites is 1. The summed E-state index contributed by atoms with van der Waals surface area (Å²) in [6.45, 7) is 2.48. The second-order valence-corrected chi connectivity index (χ2v) is 4.62. The van der Waals surface area contributed by atoms with Crippen LogP contribution in [0.3, 0.4) is 0 Å². The van der Waals surface area contributed by atoms with Crippen LogP contribution in [0, 0.1) is 10.1 Å². The third kappa shape index (κ3) is 2.76. The minimum atomic E-state index is -0.543. The SMILES string of the molecule is CC1C(=O)NCCN1C(=O)Cc1ccccc1[N+](=O)[O-]. The summed E-state index contributed by atoms with van der Waals surface area (Å²) in [6.07, 6.45) is -0.0746. The van der Waals surface area contributed by atoms with Gasteiger partial charge in [-0.25, -0.2) is 0 Å². The van der Waals surface area contributed by atoms with E-state index in [0.29, 0.717) is 18.7 Å². The van der Waals surface area contributed by atoms with E-state index in [1.165, 1.54) is 11.0 Å². The van der Waals surface area contributed by atoms with E-state index >= 15 is 0 Å². The third-order valence-corrected chi connectivity index (χ3v) is 3.35. The summed E-state index contributed by atoms with van der Waals surface area (Å²) in [5, 5.41) is 13.6. The Balaban J connectivity index is 2.16. The Morgan fingerprint density at radius 1 is 1.50 bits per heavy atom. The van der Waals surface area contributed by atoms with Crippen molar-refractivity contribution in [1.82, 2.24) is 10.2 Å². The van der Waals surface area contributed by atoms with Gasteiger partial charge in [-0.15, -0.1) is 0 Å². The number of carbonyl (C=O) groups excluding carboxylic acids is 2. The molecule has 0 saturated carbocycles. The van der Waals surface area contributed by atoms with Crippen LogP contribution in [0.2, 0.25) is 0 Å². The Morgan fingerprint density at radius 3 is 2.90 bits per heavy atom. The molecule has 1 aliphatic heterocycles. The summed E-state index contributed by atoms with van der Waals surface area (Å²) in [6, 6.07) is 5.60. The first kappa shape index (κ1) is 14.0. The largest absolute Gasteiger partial charge is 0.353 e. The first-order chi connectivity index (χ1) is 9.50. The van der Waals surface area contributed by atoms with Gasteiger partial charge in [0.2, 0.25) is 11.8 Å². The lowest BCUT2D eigenvalue weighted by atomic mass is 10.1. The first-order valence-corrected chi connectivity index (χ1v) is 6.30. The van der Waals surface area contributed by atoms with Crippen molar-refractivity contribution in [2.75, 3.05) is 13.1 Å². The van der Waals surface area contributed by atoms with Gasteiger partial charge in [-0.05, 0) is 6.92 Å². The molecular weight excluding hydrogens is 262 g/mol. The predicted octanol–water partition coefficient (Wildman–Crippen LogP) is 0.484. The maximum Gasteiger partial charge on any atom is 0.273 e. The van der Waals surface area contributed by atoms with Crippen LogP contribution in [0.5, 0.6) is 0 Å². The van der Waals surface area contributed by atoms with Gasteiger partial charge in [0.05, 0.1) is 11.3 Å². The van der Waals surface area contributed by atoms with Gasteiger partial charge < -0.3 is 10.2 Å². The van der Waals surface area contributed by atoms with Crippen molar-refractivity contribution in [3.05, 3.63) is 39.9 Å². The molecule has 1 N–H and O–H groups in total. The molecule has 0 spiro atoms. The van der Waals surface area contributed by atoms with Gasteiger partial charge in [0.15, 0.2) is 0 Å². The normalized spacial score (nSPS) is 18.6. The summed E-state index contributed by atoms with van der Waals surface area (Å²) in [5.41, 5.74) is 0.288. The van der Waals surface area contributed by atoms with E-state index in [1.54, 1.807) is 25.1 Å². The maximum absolute atomic E-state index is 12.2. The van der Waals surface area contributed by atoms with Crippen molar-refractivity contribution in [3.8, 4) is 0 Å². The molecule has 20 heavy (non-hydrogen) atoms. The van der Waals surface area contributed by atoms with E-state index in [-0.39, 0.29) is 23.9 Å². The lowest BCUT2D eigenvalue weighted by Gasteiger charge is -2.32. The van der Waals surface area contributed by atoms with Gasteiger partial charge in [0.1, 0.15) is 6.04 Å². The molecule has 0 radical (unpaired) electrons. The molecule has 1 unspecified atom stereocenters. The second kappa shape index (κ2) is 5.68. The zero-order valence-electron chi connectivity index (χ0n) is 11.0. The average Bonchev–Trinajstić information content (AvgIpc) is 2.42. The van der Waals surface area contributed by atoms with Crippen LogP contribution in [0.15, 0.2) is 24.3 Å². The van der Waals surface area contributed by atoms with Crippen LogP contribution in [0.1, 0.15) is 12.5 Å². The van der Waals surface area contributed by atoms with Crippen LogP contribution in [-0.4, -0.2) is 40.8 Å². The number of amides is 2. The predicted molar refractivity (Wildman–Crippen MR) is 71.0 cm³/mol. The van der Waals surface area contributed by atoms with Gasteiger partial charge in [0.25, 0.3) is 5.69 Å². The molecule has 2 rings (SSSR count). The van der Waals surface area contributed by atoms with Crippen molar-refractivity contribution in [3.63, 3.8) is 0 Å². The van der Waals surface area contributed by atoms with E-state index in [1.807, 2.05) is 0 Å². The smallest absolute Gasteiger partial charge is 0.273 e. The van der Waals surface area contributed by atoms with E-state index in [9.17, 15) is 19.7 Å². The van der Waals surface area contributed by atoms with Gasteiger partial charge in [-0.1, -0.05) is 18.2 Å². The Labute approximate surface area is 115 Å². The third-order valence-electron chi connectivity index (χ3n) is 3.35. The van der Waals surface area contributed by atoms with E-state index in [0.717, 1.165) is 0 Å².